The molecule has 0 aliphatic carbocycles. The van der Waals surface area contributed by atoms with E-state index in [2.05, 4.69) is 15.9 Å². The first kappa shape index (κ1) is 26.1. The normalized spacial score (nSPS) is 16.0. The van der Waals surface area contributed by atoms with Gasteiger partial charge in [0.15, 0.2) is 16.3 Å². The monoisotopic (exact) mass is 618 g/mol. The van der Waals surface area contributed by atoms with Gasteiger partial charge in [-0.05, 0) is 64.3 Å². The molecule has 0 amide bonds. The average molecular weight is 619 g/mol. The predicted octanol–water partition coefficient (Wildman–Crippen LogP) is 4.44. The summed E-state index contributed by atoms with van der Waals surface area (Å²) in [7, 11) is 1.60. The van der Waals surface area contributed by atoms with Gasteiger partial charge >= 0.3 is 5.97 Å². The lowest BCUT2D eigenvalue weighted by atomic mass is 9.93. The molecule has 0 spiro atoms. The maximum absolute atomic E-state index is 14.0. The van der Waals surface area contributed by atoms with Gasteiger partial charge in [0.05, 0.1) is 40.0 Å². The lowest BCUT2D eigenvalue weighted by Gasteiger charge is -2.26. The fourth-order valence-electron chi connectivity index (χ4n) is 4.76. The highest BCUT2D eigenvalue weighted by atomic mass is 79.9. The standard InChI is InChI=1S/C30H23BrN2O6S/c1-3-37-29(35)25-26(18-7-5-4-6-8-18)32-30-33(27(25)19-10-12-22-23(15-19)39-16-38-22)28(34)24(40-30)14-17-9-11-21(36-2)20(31)13-17/h4-15,27H,3,16H2,1-2H3. The van der Waals surface area contributed by atoms with Crippen LogP contribution < -0.4 is 29.1 Å². The number of thiazole rings is 1. The summed E-state index contributed by atoms with van der Waals surface area (Å²) in [6, 6.07) is 19.6. The minimum atomic E-state index is -0.801. The Balaban J connectivity index is 1.62. The summed E-state index contributed by atoms with van der Waals surface area (Å²) >= 11 is 4.77. The summed E-state index contributed by atoms with van der Waals surface area (Å²) in [6.45, 7) is 2.03. The van der Waals surface area contributed by atoms with E-state index in [1.165, 1.54) is 11.3 Å². The fourth-order valence-corrected chi connectivity index (χ4v) is 6.32. The molecule has 2 aliphatic heterocycles. The smallest absolute Gasteiger partial charge is 0.338 e. The van der Waals surface area contributed by atoms with Crippen LogP contribution in [0.1, 0.15) is 29.7 Å². The Morgan fingerprint density at radius 2 is 1.93 bits per heavy atom. The predicted molar refractivity (Wildman–Crippen MR) is 154 cm³/mol. The molecular formula is C30H23BrN2O6S. The van der Waals surface area contributed by atoms with Gasteiger partial charge in [0.1, 0.15) is 5.75 Å². The van der Waals surface area contributed by atoms with E-state index < -0.39 is 12.0 Å². The van der Waals surface area contributed by atoms with Crippen LogP contribution in [-0.2, 0) is 9.53 Å². The highest BCUT2D eigenvalue weighted by Crippen LogP contribution is 2.40. The second kappa shape index (κ2) is 10.8. The van der Waals surface area contributed by atoms with E-state index in [1.54, 1.807) is 36.8 Å². The fraction of sp³-hybridized carbons (Fsp3) is 0.167. The molecule has 202 valence electrons. The zero-order valence-corrected chi connectivity index (χ0v) is 24.0. The number of hydrogen-bond donors (Lipinski definition) is 0. The number of methoxy groups -OCH3 is 1. The third-order valence-electron chi connectivity index (χ3n) is 6.56. The minimum absolute atomic E-state index is 0.106. The molecule has 1 aromatic heterocycles. The largest absolute Gasteiger partial charge is 0.496 e. The molecule has 0 saturated carbocycles. The number of aromatic nitrogens is 1. The van der Waals surface area contributed by atoms with Crippen molar-refractivity contribution >= 4 is 45.0 Å². The van der Waals surface area contributed by atoms with Gasteiger partial charge in [0.2, 0.25) is 6.79 Å². The molecule has 0 saturated heterocycles. The van der Waals surface area contributed by atoms with Crippen molar-refractivity contribution in [2.45, 2.75) is 13.0 Å². The molecule has 3 aromatic carbocycles. The van der Waals surface area contributed by atoms with Crippen LogP contribution in [0.4, 0.5) is 0 Å². The van der Waals surface area contributed by atoms with Crippen molar-refractivity contribution in [1.29, 1.82) is 0 Å². The minimum Gasteiger partial charge on any atom is -0.496 e. The Hall–Kier alpha value is -4.15. The third-order valence-corrected chi connectivity index (χ3v) is 8.16. The van der Waals surface area contributed by atoms with Crippen LogP contribution in [0, 0.1) is 0 Å². The first-order valence-electron chi connectivity index (χ1n) is 12.5. The van der Waals surface area contributed by atoms with Crippen LogP contribution in [0.25, 0.3) is 11.8 Å². The molecule has 6 rings (SSSR count). The Labute approximate surface area is 241 Å². The van der Waals surface area contributed by atoms with Crippen LogP contribution in [0.15, 0.2) is 86.6 Å². The van der Waals surface area contributed by atoms with Gasteiger partial charge < -0.3 is 18.9 Å². The summed E-state index contributed by atoms with van der Waals surface area (Å²) in [6.07, 6.45) is 1.81. The zero-order valence-electron chi connectivity index (χ0n) is 21.5. The highest BCUT2D eigenvalue weighted by Gasteiger charge is 2.36. The van der Waals surface area contributed by atoms with Crippen molar-refractivity contribution in [3.63, 3.8) is 0 Å². The van der Waals surface area contributed by atoms with Crippen molar-refractivity contribution < 1.29 is 23.7 Å². The number of rotatable bonds is 6. The SMILES string of the molecule is CCOC(=O)C1=C(c2ccccc2)N=c2sc(=Cc3ccc(OC)c(Br)c3)c(=O)n2C1c1ccc2c(c1)OCO2. The lowest BCUT2D eigenvalue weighted by molar-refractivity contribution is -0.138. The Kier molecular flexibility index (Phi) is 7.03. The topological polar surface area (TPSA) is 88.4 Å². The molecule has 0 fully saturated rings. The number of fused-ring (bicyclic) bond motifs is 2. The van der Waals surface area contributed by atoms with Gasteiger partial charge in [-0.2, -0.15) is 0 Å². The molecule has 1 unspecified atom stereocenters. The first-order valence-corrected chi connectivity index (χ1v) is 14.1. The molecule has 40 heavy (non-hydrogen) atoms. The van der Waals surface area contributed by atoms with Crippen LogP contribution in [-0.4, -0.2) is 31.0 Å². The second-order valence-electron chi connectivity index (χ2n) is 8.94. The summed E-state index contributed by atoms with van der Waals surface area (Å²) < 4.78 is 24.8. The molecule has 0 bridgehead atoms. The van der Waals surface area contributed by atoms with Crippen molar-refractivity contribution in [3.05, 3.63) is 113 Å². The van der Waals surface area contributed by atoms with Crippen LogP contribution in [0.5, 0.6) is 17.2 Å². The van der Waals surface area contributed by atoms with Crippen molar-refractivity contribution in [2.75, 3.05) is 20.5 Å². The van der Waals surface area contributed by atoms with E-state index in [0.717, 1.165) is 15.6 Å². The quantitative estimate of drug-likeness (QED) is 0.297. The van der Waals surface area contributed by atoms with Gasteiger partial charge in [-0.3, -0.25) is 9.36 Å². The number of benzene rings is 3. The molecular weight excluding hydrogens is 596 g/mol. The number of esters is 1. The number of ether oxygens (including phenoxy) is 4. The summed E-state index contributed by atoms with van der Waals surface area (Å²) in [5, 5.41) is 0. The Morgan fingerprint density at radius 3 is 2.67 bits per heavy atom. The molecule has 0 N–H and O–H groups in total. The number of hydrogen-bond acceptors (Lipinski definition) is 8. The lowest BCUT2D eigenvalue weighted by Crippen LogP contribution is -2.40. The maximum Gasteiger partial charge on any atom is 0.338 e. The zero-order chi connectivity index (χ0) is 27.8. The summed E-state index contributed by atoms with van der Waals surface area (Å²) in [5.41, 5.74) is 2.70. The summed E-state index contributed by atoms with van der Waals surface area (Å²) in [5.74, 6) is 1.30. The van der Waals surface area contributed by atoms with Crippen molar-refractivity contribution in [1.82, 2.24) is 4.57 Å². The van der Waals surface area contributed by atoms with Gasteiger partial charge in [-0.1, -0.05) is 53.8 Å². The van der Waals surface area contributed by atoms with Crippen LogP contribution in [0.2, 0.25) is 0 Å². The van der Waals surface area contributed by atoms with E-state index in [0.29, 0.717) is 37.8 Å². The number of carbonyl (C=O) groups is 1. The van der Waals surface area contributed by atoms with E-state index in [4.69, 9.17) is 23.9 Å². The summed E-state index contributed by atoms with van der Waals surface area (Å²) in [4.78, 5) is 33.0. The molecule has 10 heteroatoms. The Bertz CT molecular complexity index is 1840. The first-order chi connectivity index (χ1) is 19.5. The number of halogens is 1. The maximum atomic E-state index is 14.0. The second-order valence-corrected chi connectivity index (χ2v) is 10.8. The molecule has 4 aromatic rings. The number of nitrogens with zero attached hydrogens (tertiary/aromatic N) is 2. The molecule has 8 nitrogen and oxygen atoms in total. The van der Waals surface area contributed by atoms with Gasteiger partial charge in [0, 0.05) is 5.56 Å². The van der Waals surface area contributed by atoms with E-state index in [1.807, 2.05) is 54.6 Å². The third kappa shape index (κ3) is 4.63. The van der Waals surface area contributed by atoms with E-state index >= 15 is 0 Å². The van der Waals surface area contributed by atoms with Gasteiger partial charge in [-0.15, -0.1) is 0 Å². The van der Waals surface area contributed by atoms with Gasteiger partial charge in [0.25, 0.3) is 5.56 Å². The van der Waals surface area contributed by atoms with Crippen LogP contribution in [0.3, 0.4) is 0 Å². The van der Waals surface area contributed by atoms with E-state index in [9.17, 15) is 9.59 Å². The average Bonchev–Trinajstić information content (AvgIpc) is 3.56. The molecule has 1 atom stereocenters. The van der Waals surface area contributed by atoms with Gasteiger partial charge in [-0.25, -0.2) is 9.79 Å². The molecule has 0 radical (unpaired) electrons. The van der Waals surface area contributed by atoms with Crippen molar-refractivity contribution in [2.24, 2.45) is 4.99 Å². The van der Waals surface area contributed by atoms with E-state index in [-0.39, 0.29) is 24.5 Å². The van der Waals surface area contributed by atoms with Crippen LogP contribution >= 0.6 is 27.3 Å². The highest BCUT2D eigenvalue weighted by molar-refractivity contribution is 9.10. The number of carbonyl (C=O) groups excluding carboxylic acids is 1. The molecule has 3 heterocycles. The molecule has 2 aliphatic rings. The van der Waals surface area contributed by atoms with Crippen molar-refractivity contribution in [3.8, 4) is 17.2 Å². The Morgan fingerprint density at radius 1 is 1.12 bits per heavy atom.